The summed E-state index contributed by atoms with van der Waals surface area (Å²) in [5.74, 6) is -0.484. The molecule has 3 fully saturated rings. The summed E-state index contributed by atoms with van der Waals surface area (Å²) >= 11 is 12.1. The summed E-state index contributed by atoms with van der Waals surface area (Å²) in [7, 11) is 0. The SMILES string of the molecule is O=C1[C@@H]2[C@H](C(=O)N1c1ccc(Cl)c(Cl)c1)[C@@H]1C=C[C@@H]2C1=C1CCCC1. The molecule has 3 nitrogen and oxygen atoms in total. The van der Waals surface area contributed by atoms with E-state index in [0.29, 0.717) is 15.7 Å². The highest BCUT2D eigenvalue weighted by Crippen LogP contribution is 2.58. The molecule has 128 valence electrons. The van der Waals surface area contributed by atoms with Crippen molar-refractivity contribution in [2.24, 2.45) is 23.7 Å². The lowest BCUT2D eigenvalue weighted by molar-refractivity contribution is -0.122. The zero-order valence-corrected chi connectivity index (χ0v) is 15.1. The first-order chi connectivity index (χ1) is 12.1. The van der Waals surface area contributed by atoms with Crippen LogP contribution in [-0.2, 0) is 9.59 Å². The summed E-state index contributed by atoms with van der Waals surface area (Å²) in [4.78, 5) is 27.6. The molecule has 1 heterocycles. The summed E-state index contributed by atoms with van der Waals surface area (Å²) in [6.45, 7) is 0. The van der Waals surface area contributed by atoms with Gasteiger partial charge in [0, 0.05) is 11.8 Å². The van der Waals surface area contributed by atoms with Crippen LogP contribution in [0.4, 0.5) is 5.69 Å². The van der Waals surface area contributed by atoms with Crippen LogP contribution in [0, 0.1) is 23.7 Å². The van der Waals surface area contributed by atoms with Crippen LogP contribution in [0.25, 0.3) is 0 Å². The molecule has 0 spiro atoms. The van der Waals surface area contributed by atoms with E-state index in [-0.39, 0.29) is 35.5 Å². The number of imide groups is 1. The smallest absolute Gasteiger partial charge is 0.238 e. The van der Waals surface area contributed by atoms with Gasteiger partial charge in [-0.3, -0.25) is 9.59 Å². The van der Waals surface area contributed by atoms with Crippen LogP contribution in [0.1, 0.15) is 25.7 Å². The van der Waals surface area contributed by atoms with Gasteiger partial charge >= 0.3 is 0 Å². The van der Waals surface area contributed by atoms with Gasteiger partial charge in [0.05, 0.1) is 27.6 Å². The number of hydrogen-bond donors (Lipinski definition) is 0. The van der Waals surface area contributed by atoms with Crippen molar-refractivity contribution in [1.29, 1.82) is 0 Å². The number of allylic oxidation sites excluding steroid dienone is 4. The number of halogens is 2. The van der Waals surface area contributed by atoms with Gasteiger partial charge in [0.1, 0.15) is 0 Å². The predicted octanol–water partition coefficient (Wildman–Crippen LogP) is 4.79. The first-order valence-corrected chi connectivity index (χ1v) is 9.56. The first-order valence-electron chi connectivity index (χ1n) is 8.81. The second-order valence-corrected chi connectivity index (χ2v) is 8.18. The minimum absolute atomic E-state index is 0.0960. The Hall–Kier alpha value is -1.58. The molecule has 4 aliphatic rings. The fraction of sp³-hybridized carbons (Fsp3) is 0.400. The average Bonchev–Trinajstić information content (AvgIpc) is 3.33. The normalized spacial score (nSPS) is 33.1. The summed E-state index contributed by atoms with van der Waals surface area (Å²) in [6, 6.07) is 4.93. The summed E-state index contributed by atoms with van der Waals surface area (Å²) in [5, 5.41) is 0.770. The quantitative estimate of drug-likeness (QED) is 0.524. The van der Waals surface area contributed by atoms with Gasteiger partial charge in [-0.25, -0.2) is 4.90 Å². The third kappa shape index (κ3) is 2.06. The topological polar surface area (TPSA) is 37.4 Å². The Labute approximate surface area is 156 Å². The van der Waals surface area contributed by atoms with Crippen molar-refractivity contribution < 1.29 is 9.59 Å². The van der Waals surface area contributed by atoms with Crippen LogP contribution < -0.4 is 4.90 Å². The maximum absolute atomic E-state index is 13.1. The van der Waals surface area contributed by atoms with Gasteiger partial charge in [0.2, 0.25) is 11.8 Å². The Bertz CT molecular complexity index is 830. The maximum Gasteiger partial charge on any atom is 0.238 e. The number of nitrogens with zero attached hydrogens (tertiary/aromatic N) is 1. The largest absolute Gasteiger partial charge is 0.274 e. The molecule has 1 aliphatic heterocycles. The molecule has 0 unspecified atom stereocenters. The van der Waals surface area contributed by atoms with Crippen LogP contribution in [0.2, 0.25) is 10.0 Å². The second kappa shape index (κ2) is 5.46. The van der Waals surface area contributed by atoms with Crippen LogP contribution >= 0.6 is 23.2 Å². The number of hydrogen-bond acceptors (Lipinski definition) is 2. The molecule has 0 aromatic heterocycles. The van der Waals surface area contributed by atoms with E-state index in [4.69, 9.17) is 23.2 Å². The standard InChI is InChI=1S/C20H17Cl2NO2/c21-14-8-5-11(9-15(14)22)23-19(24)17-12-6-7-13(18(17)20(23)25)16(12)10-3-1-2-4-10/h5-9,12-13,17-18H,1-4H2/t12-,13-,17-,18+/m1/s1. The molecule has 1 aromatic rings. The Morgan fingerprint density at radius 2 is 1.48 bits per heavy atom. The molecule has 4 atom stereocenters. The monoisotopic (exact) mass is 373 g/mol. The lowest BCUT2D eigenvalue weighted by atomic mass is 9.85. The lowest BCUT2D eigenvalue weighted by Crippen LogP contribution is -2.33. The molecule has 2 amide bonds. The molecule has 1 aromatic carbocycles. The average molecular weight is 374 g/mol. The molecular weight excluding hydrogens is 357 g/mol. The van der Waals surface area contributed by atoms with E-state index in [2.05, 4.69) is 12.2 Å². The number of carbonyl (C=O) groups excluding carboxylic acids is 2. The Morgan fingerprint density at radius 1 is 0.880 bits per heavy atom. The van der Waals surface area contributed by atoms with E-state index in [1.54, 1.807) is 18.2 Å². The summed E-state index contributed by atoms with van der Waals surface area (Å²) in [5.41, 5.74) is 3.40. The highest BCUT2D eigenvalue weighted by Gasteiger charge is 2.62. The van der Waals surface area contributed by atoms with Crippen molar-refractivity contribution in [2.45, 2.75) is 25.7 Å². The van der Waals surface area contributed by atoms with E-state index >= 15 is 0 Å². The minimum atomic E-state index is -0.250. The van der Waals surface area contributed by atoms with E-state index in [9.17, 15) is 9.59 Å². The Kier molecular flexibility index (Phi) is 3.42. The van der Waals surface area contributed by atoms with E-state index in [1.807, 2.05) is 0 Å². The number of anilines is 1. The van der Waals surface area contributed by atoms with Crippen molar-refractivity contribution in [2.75, 3.05) is 4.90 Å². The number of rotatable bonds is 1. The third-order valence-electron chi connectivity index (χ3n) is 6.19. The summed E-state index contributed by atoms with van der Waals surface area (Å²) in [6.07, 6.45) is 9.01. The van der Waals surface area contributed by atoms with Crippen molar-refractivity contribution in [3.8, 4) is 0 Å². The number of amides is 2. The molecule has 2 bridgehead atoms. The van der Waals surface area contributed by atoms with E-state index < -0.39 is 0 Å². The molecule has 5 heteroatoms. The van der Waals surface area contributed by atoms with Gasteiger partial charge in [0.15, 0.2) is 0 Å². The Morgan fingerprint density at radius 3 is 2.04 bits per heavy atom. The van der Waals surface area contributed by atoms with E-state index in [0.717, 1.165) is 12.8 Å². The predicted molar refractivity (Wildman–Crippen MR) is 97.5 cm³/mol. The van der Waals surface area contributed by atoms with Gasteiger partial charge in [-0.05, 0) is 43.9 Å². The van der Waals surface area contributed by atoms with Crippen molar-refractivity contribution in [3.05, 3.63) is 51.5 Å². The lowest BCUT2D eigenvalue weighted by Gasteiger charge is -2.20. The van der Waals surface area contributed by atoms with Gasteiger partial charge in [-0.2, -0.15) is 0 Å². The molecule has 0 radical (unpaired) electrons. The number of benzene rings is 1. The van der Waals surface area contributed by atoms with Crippen molar-refractivity contribution >= 4 is 40.7 Å². The zero-order valence-electron chi connectivity index (χ0n) is 13.5. The maximum atomic E-state index is 13.1. The molecule has 25 heavy (non-hydrogen) atoms. The fourth-order valence-corrected chi connectivity index (χ4v) is 5.50. The third-order valence-corrected chi connectivity index (χ3v) is 6.93. The first kappa shape index (κ1) is 15.7. The van der Waals surface area contributed by atoms with Crippen molar-refractivity contribution in [3.63, 3.8) is 0 Å². The van der Waals surface area contributed by atoms with Gasteiger partial charge in [0.25, 0.3) is 0 Å². The second-order valence-electron chi connectivity index (χ2n) is 7.36. The molecule has 1 saturated heterocycles. The Balaban J connectivity index is 1.55. The van der Waals surface area contributed by atoms with Gasteiger partial charge in [-0.15, -0.1) is 0 Å². The number of fused-ring (bicyclic) bond motifs is 5. The van der Waals surface area contributed by atoms with Crippen LogP contribution in [0.15, 0.2) is 41.5 Å². The molecule has 5 rings (SSSR count). The highest BCUT2D eigenvalue weighted by atomic mass is 35.5. The molecule has 2 saturated carbocycles. The summed E-state index contributed by atoms with van der Waals surface area (Å²) < 4.78 is 0. The highest BCUT2D eigenvalue weighted by molar-refractivity contribution is 6.42. The molecule has 0 N–H and O–H groups in total. The van der Waals surface area contributed by atoms with Crippen LogP contribution in [0.5, 0.6) is 0 Å². The van der Waals surface area contributed by atoms with Gasteiger partial charge in [-0.1, -0.05) is 46.5 Å². The fourth-order valence-electron chi connectivity index (χ4n) is 5.20. The molecule has 3 aliphatic carbocycles. The van der Waals surface area contributed by atoms with Gasteiger partial charge < -0.3 is 0 Å². The van der Waals surface area contributed by atoms with Crippen molar-refractivity contribution in [1.82, 2.24) is 0 Å². The van der Waals surface area contributed by atoms with Crippen LogP contribution in [-0.4, -0.2) is 11.8 Å². The number of carbonyl (C=O) groups is 2. The van der Waals surface area contributed by atoms with Crippen LogP contribution in [0.3, 0.4) is 0 Å². The van der Waals surface area contributed by atoms with E-state index in [1.165, 1.54) is 28.9 Å². The minimum Gasteiger partial charge on any atom is -0.274 e. The zero-order chi connectivity index (χ0) is 17.3. The molecular formula is C20H17Cl2NO2.